The van der Waals surface area contributed by atoms with Gasteiger partial charge in [0.25, 0.3) is 0 Å². The van der Waals surface area contributed by atoms with Gasteiger partial charge in [-0.25, -0.2) is 4.98 Å². The Hall–Kier alpha value is -0.210. The number of nitrogens with zero attached hydrogens (tertiary/aromatic N) is 1. The Labute approximate surface area is 83.5 Å². The predicted octanol–water partition coefficient (Wildman–Crippen LogP) is 3.79. The summed E-state index contributed by atoms with van der Waals surface area (Å²) in [6.07, 6.45) is 1.99. The van der Waals surface area contributed by atoms with Crippen molar-refractivity contribution < 1.29 is 0 Å². The summed E-state index contributed by atoms with van der Waals surface area (Å²) < 4.78 is 0. The van der Waals surface area contributed by atoms with Gasteiger partial charge in [0, 0.05) is 0 Å². The molecule has 0 atom stereocenters. The highest BCUT2D eigenvalue weighted by atomic mass is 35.5. The molecule has 0 aromatic carbocycles. The maximum Gasteiger partial charge on any atom is 0.130 e. The molecule has 1 aromatic rings. The van der Waals surface area contributed by atoms with E-state index in [1.165, 1.54) is 5.56 Å². The first kappa shape index (κ1) is 11.8. The van der Waals surface area contributed by atoms with Gasteiger partial charge in [0.15, 0.2) is 0 Å². The molecule has 0 aliphatic heterocycles. The maximum atomic E-state index is 5.67. The van der Waals surface area contributed by atoms with E-state index in [1.807, 2.05) is 33.1 Å². The van der Waals surface area contributed by atoms with E-state index in [1.54, 1.807) is 17.8 Å². The number of thioether (sulfide) groups is 1. The molecule has 0 saturated carbocycles. The van der Waals surface area contributed by atoms with Crippen LogP contribution in [0.4, 0.5) is 0 Å². The van der Waals surface area contributed by atoms with Crippen molar-refractivity contribution in [1.29, 1.82) is 0 Å². The van der Waals surface area contributed by atoms with Crippen LogP contribution in [0, 0.1) is 6.92 Å². The van der Waals surface area contributed by atoms with Gasteiger partial charge in [-0.1, -0.05) is 31.5 Å². The van der Waals surface area contributed by atoms with E-state index in [2.05, 4.69) is 4.98 Å². The van der Waals surface area contributed by atoms with Gasteiger partial charge in [0.2, 0.25) is 0 Å². The Kier molecular flexibility index (Phi) is 6.21. The summed E-state index contributed by atoms with van der Waals surface area (Å²) in [5.74, 6) is 0. The molecular formula is C9H14ClNS. The van der Waals surface area contributed by atoms with Crippen LogP contribution in [0.5, 0.6) is 0 Å². The Balaban J connectivity index is 0.000000561. The van der Waals surface area contributed by atoms with Crippen LogP contribution < -0.4 is 0 Å². The van der Waals surface area contributed by atoms with E-state index in [4.69, 9.17) is 11.6 Å². The van der Waals surface area contributed by atoms with Crippen molar-refractivity contribution in [2.75, 3.05) is 6.26 Å². The van der Waals surface area contributed by atoms with Crippen LogP contribution in [0.1, 0.15) is 19.4 Å². The molecule has 1 nitrogen and oxygen atoms in total. The summed E-state index contributed by atoms with van der Waals surface area (Å²) in [5.41, 5.74) is 1.18. The molecular weight excluding hydrogens is 190 g/mol. The number of aromatic nitrogens is 1. The molecule has 0 N–H and O–H groups in total. The quantitative estimate of drug-likeness (QED) is 0.509. The van der Waals surface area contributed by atoms with Crippen molar-refractivity contribution in [3.8, 4) is 0 Å². The molecule has 12 heavy (non-hydrogen) atoms. The number of aryl methyl sites for hydroxylation is 1. The van der Waals surface area contributed by atoms with Crippen LogP contribution in [-0.2, 0) is 0 Å². The van der Waals surface area contributed by atoms with Crippen molar-refractivity contribution in [3.05, 3.63) is 22.8 Å². The second-order valence-electron chi connectivity index (χ2n) is 1.96. The average Bonchev–Trinajstić information content (AvgIpc) is 2.13. The molecule has 3 heteroatoms. The average molecular weight is 204 g/mol. The molecule has 0 saturated heterocycles. The van der Waals surface area contributed by atoms with Crippen molar-refractivity contribution in [2.24, 2.45) is 0 Å². The summed E-state index contributed by atoms with van der Waals surface area (Å²) in [5, 5.41) is 1.57. The number of pyridine rings is 1. The van der Waals surface area contributed by atoms with Gasteiger partial charge in [-0.2, -0.15) is 0 Å². The SMILES string of the molecule is CC.CSc1nc(Cl)ccc1C. The molecule has 1 aromatic heterocycles. The second kappa shape index (κ2) is 6.32. The minimum absolute atomic E-state index is 0.565. The fourth-order valence-corrected chi connectivity index (χ4v) is 1.47. The number of rotatable bonds is 1. The van der Waals surface area contributed by atoms with E-state index < -0.39 is 0 Å². The first-order valence-electron chi connectivity index (χ1n) is 3.91. The van der Waals surface area contributed by atoms with Crippen LogP contribution in [0.3, 0.4) is 0 Å². The van der Waals surface area contributed by atoms with E-state index >= 15 is 0 Å². The number of halogens is 1. The first-order chi connectivity index (χ1) is 5.74. The monoisotopic (exact) mass is 203 g/mol. The largest absolute Gasteiger partial charge is 0.230 e. The molecule has 0 aliphatic rings. The molecule has 0 aliphatic carbocycles. The lowest BCUT2D eigenvalue weighted by molar-refractivity contribution is 1.08. The Morgan fingerprint density at radius 3 is 2.33 bits per heavy atom. The lowest BCUT2D eigenvalue weighted by atomic mass is 10.3. The summed E-state index contributed by atoms with van der Waals surface area (Å²) in [6, 6.07) is 3.78. The molecule has 1 rings (SSSR count). The van der Waals surface area contributed by atoms with E-state index in [-0.39, 0.29) is 0 Å². The third-order valence-electron chi connectivity index (χ3n) is 1.21. The van der Waals surface area contributed by atoms with Crippen LogP contribution in [0.15, 0.2) is 17.2 Å². The highest BCUT2D eigenvalue weighted by molar-refractivity contribution is 7.98. The fourth-order valence-electron chi connectivity index (χ4n) is 0.694. The maximum absolute atomic E-state index is 5.67. The Morgan fingerprint density at radius 2 is 1.92 bits per heavy atom. The molecule has 1 heterocycles. The summed E-state index contributed by atoms with van der Waals surface area (Å²) >= 11 is 7.29. The third kappa shape index (κ3) is 3.46. The molecule has 0 spiro atoms. The number of hydrogen-bond acceptors (Lipinski definition) is 2. The molecule has 0 amide bonds. The topological polar surface area (TPSA) is 12.9 Å². The van der Waals surface area contributed by atoms with Crippen LogP contribution in [0.2, 0.25) is 5.15 Å². The van der Waals surface area contributed by atoms with E-state index in [9.17, 15) is 0 Å². The number of hydrogen-bond donors (Lipinski definition) is 0. The van der Waals surface area contributed by atoms with Crippen LogP contribution in [0.25, 0.3) is 0 Å². The Bertz CT molecular complexity index is 238. The highest BCUT2D eigenvalue weighted by Gasteiger charge is 1.97. The van der Waals surface area contributed by atoms with E-state index in [0.29, 0.717) is 5.15 Å². The van der Waals surface area contributed by atoms with Gasteiger partial charge >= 0.3 is 0 Å². The van der Waals surface area contributed by atoms with Crippen molar-refractivity contribution in [2.45, 2.75) is 25.8 Å². The van der Waals surface area contributed by atoms with Gasteiger partial charge < -0.3 is 0 Å². The zero-order chi connectivity index (χ0) is 9.56. The lowest BCUT2D eigenvalue weighted by Gasteiger charge is -1.99. The minimum Gasteiger partial charge on any atom is -0.230 e. The zero-order valence-electron chi connectivity index (χ0n) is 7.89. The van der Waals surface area contributed by atoms with E-state index in [0.717, 1.165) is 5.03 Å². The van der Waals surface area contributed by atoms with Crippen LogP contribution in [-0.4, -0.2) is 11.2 Å². The Morgan fingerprint density at radius 1 is 1.33 bits per heavy atom. The normalized spacial score (nSPS) is 8.75. The predicted molar refractivity (Wildman–Crippen MR) is 57.1 cm³/mol. The fraction of sp³-hybridized carbons (Fsp3) is 0.444. The van der Waals surface area contributed by atoms with Gasteiger partial charge in [-0.15, -0.1) is 11.8 Å². The summed E-state index contributed by atoms with van der Waals surface area (Å²) in [4.78, 5) is 4.12. The lowest BCUT2D eigenvalue weighted by Crippen LogP contribution is -1.83. The molecule has 0 radical (unpaired) electrons. The molecule has 0 unspecified atom stereocenters. The molecule has 0 bridgehead atoms. The smallest absolute Gasteiger partial charge is 0.130 e. The minimum atomic E-state index is 0.565. The van der Waals surface area contributed by atoms with Crippen molar-refractivity contribution in [3.63, 3.8) is 0 Å². The second-order valence-corrected chi connectivity index (χ2v) is 3.14. The molecule has 0 fully saturated rings. The van der Waals surface area contributed by atoms with Crippen molar-refractivity contribution >= 4 is 23.4 Å². The van der Waals surface area contributed by atoms with Gasteiger partial charge in [0.1, 0.15) is 10.2 Å². The zero-order valence-corrected chi connectivity index (χ0v) is 9.46. The third-order valence-corrected chi connectivity index (χ3v) is 2.22. The van der Waals surface area contributed by atoms with Gasteiger partial charge in [-0.05, 0) is 24.8 Å². The summed E-state index contributed by atoms with van der Waals surface area (Å²) in [6.45, 7) is 6.02. The van der Waals surface area contributed by atoms with Gasteiger partial charge in [-0.3, -0.25) is 0 Å². The van der Waals surface area contributed by atoms with Crippen molar-refractivity contribution in [1.82, 2.24) is 4.98 Å². The first-order valence-corrected chi connectivity index (χ1v) is 5.51. The standard InChI is InChI=1S/C7H8ClNS.C2H6/c1-5-3-4-6(8)9-7(5)10-2;1-2/h3-4H,1-2H3;1-2H3. The summed E-state index contributed by atoms with van der Waals surface area (Å²) in [7, 11) is 0. The highest BCUT2D eigenvalue weighted by Crippen LogP contribution is 2.18. The molecule has 68 valence electrons. The van der Waals surface area contributed by atoms with Crippen LogP contribution >= 0.6 is 23.4 Å². The van der Waals surface area contributed by atoms with Gasteiger partial charge in [0.05, 0.1) is 0 Å².